The molecule has 0 fully saturated rings. The van der Waals surface area contributed by atoms with Gasteiger partial charge in [-0.3, -0.25) is 0 Å². The molecule has 3 aromatic carbocycles. The summed E-state index contributed by atoms with van der Waals surface area (Å²) in [4.78, 5) is 29.2. The van der Waals surface area contributed by atoms with Crippen molar-refractivity contribution >= 4 is 12.1 Å². The summed E-state index contributed by atoms with van der Waals surface area (Å²) >= 11 is 0. The molecule has 0 saturated carbocycles. The lowest BCUT2D eigenvalue weighted by molar-refractivity contribution is -0.141. The molecule has 1 unspecified atom stereocenters. The van der Waals surface area contributed by atoms with Crippen LogP contribution in [-0.4, -0.2) is 42.6 Å². The number of benzene rings is 3. The van der Waals surface area contributed by atoms with Gasteiger partial charge in [0.1, 0.15) is 29.1 Å². The lowest BCUT2D eigenvalue weighted by Crippen LogP contribution is -2.38. The largest absolute Gasteiger partial charge is 0.533 e. The number of carbonyl (C=O) groups excluding carboxylic acids is 1. The molecule has 4 rings (SSSR count). The molecule has 1 N–H and O–H groups in total. The molecule has 0 aromatic heterocycles. The van der Waals surface area contributed by atoms with Crippen LogP contribution in [-0.2, 0) is 16.1 Å². The average Bonchev–Trinajstić information content (AvgIpc) is 2.83. The van der Waals surface area contributed by atoms with Crippen molar-refractivity contribution in [2.24, 2.45) is 0 Å². The third-order valence-corrected chi connectivity index (χ3v) is 5.31. The Bertz CT molecular complexity index is 1180. The van der Waals surface area contributed by atoms with Crippen LogP contribution >= 0.6 is 0 Å². The number of carbonyl (C=O) groups is 2. The lowest BCUT2D eigenvalue weighted by atomic mass is 9.89. The van der Waals surface area contributed by atoms with Gasteiger partial charge in [-0.25, -0.2) is 14.0 Å². The van der Waals surface area contributed by atoms with Crippen LogP contribution in [0.5, 0.6) is 17.2 Å². The molecule has 1 aliphatic heterocycles. The molecule has 0 radical (unpaired) electrons. The number of nitrogens with zero attached hydrogens (tertiary/aromatic N) is 1. The minimum Gasteiger partial charge on any atom is -0.497 e. The number of carboxylic acid groups (broad SMARTS) is 1. The first kappa shape index (κ1) is 23.1. The summed E-state index contributed by atoms with van der Waals surface area (Å²) in [6, 6.07) is 16.9. The van der Waals surface area contributed by atoms with Gasteiger partial charge in [-0.2, -0.15) is 0 Å². The van der Waals surface area contributed by atoms with Gasteiger partial charge in [0, 0.05) is 12.1 Å². The van der Waals surface area contributed by atoms with Crippen molar-refractivity contribution in [3.05, 3.63) is 89.2 Å². The monoisotopic (exact) mass is 467 g/mol. The molecular formula is C25H22FNO7. The molecule has 0 amide bonds. The highest BCUT2D eigenvalue weighted by Gasteiger charge is 2.34. The molecule has 3 aromatic rings. The number of methoxy groups -OCH3 is 1. The summed E-state index contributed by atoms with van der Waals surface area (Å²) in [7, 11) is 1.53. The van der Waals surface area contributed by atoms with E-state index in [9.17, 15) is 14.0 Å². The smallest absolute Gasteiger partial charge is 0.497 e. The van der Waals surface area contributed by atoms with Crippen molar-refractivity contribution < 1.29 is 38.1 Å². The van der Waals surface area contributed by atoms with E-state index in [2.05, 4.69) is 0 Å². The van der Waals surface area contributed by atoms with Crippen LogP contribution in [0.4, 0.5) is 9.18 Å². The first-order chi connectivity index (χ1) is 16.4. The zero-order valence-corrected chi connectivity index (χ0v) is 18.3. The van der Waals surface area contributed by atoms with Crippen molar-refractivity contribution in [2.75, 3.05) is 20.3 Å². The Morgan fingerprint density at radius 1 is 1.03 bits per heavy atom. The third kappa shape index (κ3) is 5.26. The number of halogens is 1. The second-order valence-corrected chi connectivity index (χ2v) is 7.48. The summed E-state index contributed by atoms with van der Waals surface area (Å²) in [5.74, 6) is -0.677. The summed E-state index contributed by atoms with van der Waals surface area (Å²) in [5.41, 5.74) is 2.09. The maximum Gasteiger partial charge on any atom is 0.533 e. The molecule has 1 aliphatic rings. The molecule has 1 atom stereocenters. The van der Waals surface area contributed by atoms with Gasteiger partial charge in [0.05, 0.1) is 7.11 Å². The second kappa shape index (κ2) is 10.2. The standard InChI is InChI=1S/C25H22FNO7/c1-31-18-7-9-19(10-8-18)33-25(30)34-27-13-12-16-4-2-3-5-20(16)24(27)21-14-17(26)6-11-22(21)32-15-23(28)29/h2-11,14,24H,12-13,15H2,1H3,(H,28,29). The maximum absolute atomic E-state index is 14.3. The lowest BCUT2D eigenvalue weighted by Gasteiger charge is -2.36. The van der Waals surface area contributed by atoms with E-state index in [1.165, 1.54) is 30.4 Å². The molecule has 8 nitrogen and oxygen atoms in total. The fourth-order valence-electron chi connectivity index (χ4n) is 3.82. The zero-order valence-electron chi connectivity index (χ0n) is 18.3. The number of rotatable bonds is 7. The number of aliphatic carboxylic acids is 1. The fraction of sp³-hybridized carbons (Fsp3) is 0.200. The third-order valence-electron chi connectivity index (χ3n) is 5.31. The van der Waals surface area contributed by atoms with E-state index in [4.69, 9.17) is 24.2 Å². The molecule has 176 valence electrons. The van der Waals surface area contributed by atoms with Crippen LogP contribution < -0.4 is 14.2 Å². The number of hydrogen-bond donors (Lipinski definition) is 1. The second-order valence-electron chi connectivity index (χ2n) is 7.48. The summed E-state index contributed by atoms with van der Waals surface area (Å²) in [5, 5.41) is 10.4. The van der Waals surface area contributed by atoms with E-state index in [0.717, 1.165) is 11.1 Å². The maximum atomic E-state index is 14.3. The van der Waals surface area contributed by atoms with Crippen LogP contribution in [0.15, 0.2) is 66.7 Å². The zero-order chi connectivity index (χ0) is 24.1. The fourth-order valence-corrected chi connectivity index (χ4v) is 3.82. The van der Waals surface area contributed by atoms with Gasteiger partial charge in [0.2, 0.25) is 0 Å². The van der Waals surface area contributed by atoms with Gasteiger partial charge in [0.25, 0.3) is 0 Å². The Hall–Kier alpha value is -4.11. The average molecular weight is 467 g/mol. The van der Waals surface area contributed by atoms with Gasteiger partial charge in [-0.15, -0.1) is 5.06 Å². The molecule has 0 saturated heterocycles. The first-order valence-corrected chi connectivity index (χ1v) is 10.5. The van der Waals surface area contributed by atoms with Gasteiger partial charge in [0.15, 0.2) is 6.61 Å². The molecule has 0 aliphatic carbocycles. The van der Waals surface area contributed by atoms with Gasteiger partial charge < -0.3 is 24.2 Å². The Morgan fingerprint density at radius 3 is 2.50 bits per heavy atom. The predicted octanol–water partition coefficient (Wildman–Crippen LogP) is 4.38. The number of hydroxylamine groups is 2. The van der Waals surface area contributed by atoms with E-state index in [0.29, 0.717) is 24.3 Å². The minimum atomic E-state index is -1.17. The highest BCUT2D eigenvalue weighted by molar-refractivity contribution is 5.68. The summed E-state index contributed by atoms with van der Waals surface area (Å²) in [6.07, 6.45) is -0.401. The molecule has 0 spiro atoms. The van der Waals surface area contributed by atoms with Crippen LogP contribution in [0, 0.1) is 5.82 Å². The van der Waals surface area contributed by atoms with E-state index < -0.39 is 30.6 Å². The van der Waals surface area contributed by atoms with E-state index in [1.54, 1.807) is 24.3 Å². The highest BCUT2D eigenvalue weighted by Crippen LogP contribution is 2.40. The predicted molar refractivity (Wildman–Crippen MR) is 118 cm³/mol. The highest BCUT2D eigenvalue weighted by atomic mass is 19.1. The van der Waals surface area contributed by atoms with Crippen molar-refractivity contribution in [3.63, 3.8) is 0 Å². The van der Waals surface area contributed by atoms with Crippen molar-refractivity contribution in [3.8, 4) is 17.2 Å². The number of carboxylic acids is 1. The number of ether oxygens (including phenoxy) is 3. The summed E-state index contributed by atoms with van der Waals surface area (Å²) < 4.78 is 30.1. The Labute approximate surface area is 195 Å². The van der Waals surface area contributed by atoms with Crippen molar-refractivity contribution in [1.29, 1.82) is 0 Å². The summed E-state index contributed by atoms with van der Waals surface area (Å²) in [6.45, 7) is -0.304. The van der Waals surface area contributed by atoms with Gasteiger partial charge in [-0.05, 0) is 60.0 Å². The number of hydrogen-bond acceptors (Lipinski definition) is 7. The van der Waals surface area contributed by atoms with E-state index in [-0.39, 0.29) is 11.5 Å². The molecular weight excluding hydrogens is 445 g/mol. The Balaban J connectivity index is 1.64. The van der Waals surface area contributed by atoms with Crippen molar-refractivity contribution in [2.45, 2.75) is 12.5 Å². The quantitative estimate of drug-likeness (QED) is 0.404. The Kier molecular flexibility index (Phi) is 6.93. The van der Waals surface area contributed by atoms with E-state index in [1.807, 2.05) is 24.3 Å². The first-order valence-electron chi connectivity index (χ1n) is 10.5. The molecule has 0 bridgehead atoms. The SMILES string of the molecule is COc1ccc(OC(=O)ON2CCc3ccccc3C2c2cc(F)ccc2OCC(=O)O)cc1. The minimum absolute atomic E-state index is 0.169. The van der Waals surface area contributed by atoms with Crippen LogP contribution in [0.2, 0.25) is 0 Å². The van der Waals surface area contributed by atoms with Crippen LogP contribution in [0.25, 0.3) is 0 Å². The van der Waals surface area contributed by atoms with Gasteiger partial charge in [-0.1, -0.05) is 24.3 Å². The normalized spacial score (nSPS) is 15.2. The molecule has 1 heterocycles. The van der Waals surface area contributed by atoms with Crippen LogP contribution in [0.1, 0.15) is 22.7 Å². The Morgan fingerprint density at radius 2 is 1.76 bits per heavy atom. The van der Waals surface area contributed by atoms with Crippen molar-refractivity contribution in [1.82, 2.24) is 5.06 Å². The van der Waals surface area contributed by atoms with Gasteiger partial charge >= 0.3 is 12.1 Å². The topological polar surface area (TPSA) is 94.5 Å². The molecule has 9 heteroatoms. The number of fused-ring (bicyclic) bond motifs is 1. The molecule has 34 heavy (non-hydrogen) atoms. The van der Waals surface area contributed by atoms with Crippen LogP contribution in [0.3, 0.4) is 0 Å². The van der Waals surface area contributed by atoms with E-state index >= 15 is 0 Å².